The topological polar surface area (TPSA) is 55.5 Å². The number of aliphatic hydroxyl groups is 1. The molecule has 3 nitrogen and oxygen atoms in total. The van der Waals surface area contributed by atoms with Crippen LogP contribution in [0.3, 0.4) is 0 Å². The monoisotopic (exact) mass is 175 g/mol. The van der Waals surface area contributed by atoms with Gasteiger partial charge < -0.3 is 15.6 Å². The Kier molecular flexibility index (Phi) is 5.46. The summed E-state index contributed by atoms with van der Waals surface area (Å²) in [4.78, 5) is 0. The zero-order valence-electron chi connectivity index (χ0n) is 8.34. The molecule has 0 saturated carbocycles. The van der Waals surface area contributed by atoms with Crippen LogP contribution in [0.2, 0.25) is 0 Å². The van der Waals surface area contributed by atoms with Crippen molar-refractivity contribution in [3.8, 4) is 0 Å². The maximum Gasteiger partial charge on any atom is 0.102 e. The first-order chi connectivity index (χ1) is 5.56. The second-order valence-electron chi connectivity index (χ2n) is 3.51. The quantitative estimate of drug-likeness (QED) is 0.586. The van der Waals surface area contributed by atoms with Crippen molar-refractivity contribution in [2.45, 2.75) is 32.8 Å². The summed E-state index contributed by atoms with van der Waals surface area (Å²) < 4.78 is 5.27. The van der Waals surface area contributed by atoms with E-state index in [1.807, 2.05) is 20.8 Å². The number of hydrogen-bond donors (Lipinski definition) is 2. The average Bonchev–Trinajstić information content (AvgIpc) is 2.04. The molecule has 0 radical (unpaired) electrons. The Morgan fingerprint density at radius 1 is 1.50 bits per heavy atom. The Bertz CT molecular complexity index is 117. The summed E-state index contributed by atoms with van der Waals surface area (Å²) in [7, 11) is 0. The van der Waals surface area contributed by atoms with Gasteiger partial charge in [-0.25, -0.2) is 0 Å². The SMILES string of the molecule is CCCOCC(O)(CN)C(C)C. The van der Waals surface area contributed by atoms with Gasteiger partial charge in [-0.3, -0.25) is 0 Å². The summed E-state index contributed by atoms with van der Waals surface area (Å²) in [6.45, 7) is 7.22. The molecule has 0 amide bonds. The molecule has 0 fully saturated rings. The fraction of sp³-hybridized carbons (Fsp3) is 1.00. The molecule has 1 unspecified atom stereocenters. The highest BCUT2D eigenvalue weighted by molar-refractivity contribution is 4.82. The minimum absolute atomic E-state index is 0.138. The minimum Gasteiger partial charge on any atom is -0.386 e. The highest BCUT2D eigenvalue weighted by atomic mass is 16.5. The van der Waals surface area contributed by atoms with E-state index in [1.165, 1.54) is 0 Å². The van der Waals surface area contributed by atoms with Gasteiger partial charge in [-0.05, 0) is 12.3 Å². The molecule has 74 valence electrons. The lowest BCUT2D eigenvalue weighted by molar-refractivity contribution is -0.0693. The van der Waals surface area contributed by atoms with Crippen LogP contribution in [0.15, 0.2) is 0 Å². The first-order valence-corrected chi connectivity index (χ1v) is 4.57. The molecule has 0 bridgehead atoms. The van der Waals surface area contributed by atoms with Crippen LogP contribution in [0.25, 0.3) is 0 Å². The predicted octanol–water partition coefficient (Wildman–Crippen LogP) is 0.759. The molecule has 1 atom stereocenters. The summed E-state index contributed by atoms with van der Waals surface area (Å²) in [6, 6.07) is 0. The van der Waals surface area contributed by atoms with Gasteiger partial charge in [0.05, 0.1) is 6.61 Å². The Morgan fingerprint density at radius 2 is 2.08 bits per heavy atom. The number of nitrogens with two attached hydrogens (primary N) is 1. The van der Waals surface area contributed by atoms with Crippen molar-refractivity contribution in [3.63, 3.8) is 0 Å². The molecule has 0 aliphatic heterocycles. The van der Waals surface area contributed by atoms with Crippen molar-refractivity contribution in [3.05, 3.63) is 0 Å². The molecular formula is C9H21NO2. The normalized spacial score (nSPS) is 16.5. The highest BCUT2D eigenvalue weighted by Crippen LogP contribution is 2.15. The standard InChI is InChI=1S/C9H21NO2/c1-4-5-12-7-9(11,6-10)8(2)3/h8,11H,4-7,10H2,1-3H3. The lowest BCUT2D eigenvalue weighted by Crippen LogP contribution is -2.47. The summed E-state index contributed by atoms with van der Waals surface area (Å²) in [5, 5.41) is 9.87. The smallest absolute Gasteiger partial charge is 0.102 e. The second-order valence-corrected chi connectivity index (χ2v) is 3.51. The van der Waals surface area contributed by atoms with E-state index in [2.05, 4.69) is 0 Å². The molecular weight excluding hydrogens is 154 g/mol. The van der Waals surface area contributed by atoms with Gasteiger partial charge in [0.2, 0.25) is 0 Å². The van der Waals surface area contributed by atoms with Gasteiger partial charge in [0.15, 0.2) is 0 Å². The third-order valence-corrected chi connectivity index (χ3v) is 2.13. The zero-order valence-corrected chi connectivity index (χ0v) is 8.34. The van der Waals surface area contributed by atoms with E-state index < -0.39 is 5.60 Å². The van der Waals surface area contributed by atoms with E-state index in [4.69, 9.17) is 10.5 Å². The van der Waals surface area contributed by atoms with Crippen molar-refractivity contribution < 1.29 is 9.84 Å². The molecule has 0 aliphatic rings. The van der Waals surface area contributed by atoms with Gasteiger partial charge in [0, 0.05) is 13.2 Å². The molecule has 0 rings (SSSR count). The van der Waals surface area contributed by atoms with E-state index in [-0.39, 0.29) is 12.5 Å². The Balaban J connectivity index is 3.80. The predicted molar refractivity (Wildman–Crippen MR) is 50.0 cm³/mol. The maximum absolute atomic E-state index is 9.87. The van der Waals surface area contributed by atoms with Crippen molar-refractivity contribution in [2.75, 3.05) is 19.8 Å². The molecule has 3 N–H and O–H groups in total. The molecule has 0 aromatic heterocycles. The summed E-state index contributed by atoms with van der Waals surface area (Å²) in [5.41, 5.74) is 4.61. The lowest BCUT2D eigenvalue weighted by Gasteiger charge is -2.30. The van der Waals surface area contributed by atoms with Crippen molar-refractivity contribution >= 4 is 0 Å². The van der Waals surface area contributed by atoms with E-state index in [1.54, 1.807) is 0 Å². The first kappa shape index (κ1) is 11.9. The molecule has 0 saturated heterocycles. The van der Waals surface area contributed by atoms with Gasteiger partial charge in [-0.2, -0.15) is 0 Å². The van der Waals surface area contributed by atoms with Gasteiger partial charge in [-0.15, -0.1) is 0 Å². The number of hydrogen-bond acceptors (Lipinski definition) is 3. The van der Waals surface area contributed by atoms with E-state index in [9.17, 15) is 5.11 Å². The van der Waals surface area contributed by atoms with Crippen LogP contribution in [0.1, 0.15) is 27.2 Å². The van der Waals surface area contributed by atoms with Crippen LogP contribution in [0.4, 0.5) is 0 Å². The summed E-state index contributed by atoms with van der Waals surface area (Å²) >= 11 is 0. The fourth-order valence-electron chi connectivity index (χ4n) is 0.855. The summed E-state index contributed by atoms with van der Waals surface area (Å²) in [6.07, 6.45) is 0.971. The van der Waals surface area contributed by atoms with Crippen LogP contribution >= 0.6 is 0 Å². The van der Waals surface area contributed by atoms with Crippen LogP contribution in [0, 0.1) is 5.92 Å². The highest BCUT2D eigenvalue weighted by Gasteiger charge is 2.29. The van der Waals surface area contributed by atoms with Gasteiger partial charge >= 0.3 is 0 Å². The molecule has 0 aliphatic carbocycles. The Labute approximate surface area is 74.9 Å². The first-order valence-electron chi connectivity index (χ1n) is 4.57. The van der Waals surface area contributed by atoms with Gasteiger partial charge in [-0.1, -0.05) is 20.8 Å². The molecule has 12 heavy (non-hydrogen) atoms. The van der Waals surface area contributed by atoms with Crippen LogP contribution in [-0.4, -0.2) is 30.5 Å². The molecule has 0 heterocycles. The third kappa shape index (κ3) is 3.52. The van der Waals surface area contributed by atoms with Crippen LogP contribution < -0.4 is 5.73 Å². The maximum atomic E-state index is 9.87. The van der Waals surface area contributed by atoms with Crippen molar-refractivity contribution in [1.29, 1.82) is 0 Å². The minimum atomic E-state index is -0.852. The molecule has 3 heteroatoms. The largest absolute Gasteiger partial charge is 0.386 e. The Morgan fingerprint density at radius 3 is 2.42 bits per heavy atom. The fourth-order valence-corrected chi connectivity index (χ4v) is 0.855. The van der Waals surface area contributed by atoms with E-state index >= 15 is 0 Å². The van der Waals surface area contributed by atoms with E-state index in [0.29, 0.717) is 13.2 Å². The average molecular weight is 175 g/mol. The second kappa shape index (κ2) is 5.51. The van der Waals surface area contributed by atoms with Gasteiger partial charge in [0.1, 0.15) is 5.60 Å². The van der Waals surface area contributed by atoms with Crippen LogP contribution in [0.5, 0.6) is 0 Å². The van der Waals surface area contributed by atoms with Crippen LogP contribution in [-0.2, 0) is 4.74 Å². The molecule has 0 aromatic carbocycles. The van der Waals surface area contributed by atoms with Crippen molar-refractivity contribution in [1.82, 2.24) is 0 Å². The third-order valence-electron chi connectivity index (χ3n) is 2.13. The van der Waals surface area contributed by atoms with Gasteiger partial charge in [0.25, 0.3) is 0 Å². The summed E-state index contributed by atoms with van der Waals surface area (Å²) in [5.74, 6) is 0.138. The van der Waals surface area contributed by atoms with Crippen molar-refractivity contribution in [2.24, 2.45) is 11.7 Å². The van der Waals surface area contributed by atoms with E-state index in [0.717, 1.165) is 6.42 Å². The molecule has 0 spiro atoms. The lowest BCUT2D eigenvalue weighted by atomic mass is 9.91. The number of rotatable bonds is 6. The Hall–Kier alpha value is -0.120. The zero-order chi connectivity index (χ0) is 9.61. The molecule has 0 aromatic rings. The number of ether oxygens (including phenoxy) is 1.